The Morgan fingerprint density at radius 1 is 1.22 bits per heavy atom. The van der Waals surface area contributed by atoms with Gasteiger partial charge in [-0.2, -0.15) is 5.10 Å². The topological polar surface area (TPSA) is 54.5 Å². The molecule has 3 rings (SSSR count). The minimum Gasteiger partial charge on any atom is -0.263 e. The number of thiophene rings is 1. The van der Waals surface area contributed by atoms with Gasteiger partial charge in [-0.3, -0.25) is 10.1 Å². The van der Waals surface area contributed by atoms with E-state index in [1.54, 1.807) is 17.5 Å². The number of rotatable bonds is 2. The van der Waals surface area contributed by atoms with Crippen molar-refractivity contribution < 1.29 is 0 Å². The third-order valence-electron chi connectivity index (χ3n) is 2.71. The van der Waals surface area contributed by atoms with Crippen LogP contribution < -0.4 is 0 Å². The molecular weight excluding hydrogens is 244 g/mol. The molecule has 0 bridgehead atoms. The Labute approximate surface area is 109 Å². The van der Waals surface area contributed by atoms with Crippen molar-refractivity contribution in [2.45, 2.75) is 13.8 Å². The van der Waals surface area contributed by atoms with Crippen LogP contribution in [-0.2, 0) is 0 Å². The van der Waals surface area contributed by atoms with Gasteiger partial charge in [0.15, 0.2) is 5.82 Å². The third-order valence-corrected chi connectivity index (χ3v) is 3.78. The van der Waals surface area contributed by atoms with E-state index >= 15 is 0 Å². The van der Waals surface area contributed by atoms with Gasteiger partial charge in [0.05, 0.1) is 0 Å². The van der Waals surface area contributed by atoms with E-state index in [0.29, 0.717) is 5.82 Å². The highest BCUT2D eigenvalue weighted by atomic mass is 32.1. The fraction of sp³-hybridized carbons (Fsp3) is 0.154. The molecule has 0 aliphatic carbocycles. The Balaban J connectivity index is 2.07. The number of aromatic amines is 1. The van der Waals surface area contributed by atoms with Crippen LogP contribution in [0, 0.1) is 13.8 Å². The van der Waals surface area contributed by atoms with Crippen LogP contribution in [0.25, 0.3) is 22.0 Å². The van der Waals surface area contributed by atoms with Crippen molar-refractivity contribution in [3.8, 4) is 22.0 Å². The number of hydrogen-bond acceptors (Lipinski definition) is 4. The standard InChI is InChI=1S/C13H12N4S/c1-8-4-6-18-12(8)10-3-5-14-11(7-10)13-15-9(2)16-17-13/h3-7H,1-2H3,(H,15,16,17). The van der Waals surface area contributed by atoms with Crippen LogP contribution in [-0.4, -0.2) is 20.2 Å². The maximum Gasteiger partial charge on any atom is 0.199 e. The van der Waals surface area contributed by atoms with Crippen molar-refractivity contribution >= 4 is 11.3 Å². The molecule has 90 valence electrons. The van der Waals surface area contributed by atoms with E-state index in [9.17, 15) is 0 Å². The van der Waals surface area contributed by atoms with Crippen molar-refractivity contribution in [3.05, 3.63) is 41.2 Å². The molecule has 0 saturated carbocycles. The molecule has 0 aromatic carbocycles. The highest BCUT2D eigenvalue weighted by Gasteiger charge is 2.09. The average Bonchev–Trinajstić information content (AvgIpc) is 2.98. The summed E-state index contributed by atoms with van der Waals surface area (Å²) in [5.41, 5.74) is 3.24. The van der Waals surface area contributed by atoms with Crippen LogP contribution in [0.4, 0.5) is 0 Å². The first-order valence-corrected chi connectivity index (χ1v) is 6.52. The monoisotopic (exact) mass is 256 g/mol. The van der Waals surface area contributed by atoms with Crippen molar-refractivity contribution in [3.63, 3.8) is 0 Å². The summed E-state index contributed by atoms with van der Waals surface area (Å²) >= 11 is 1.74. The maximum atomic E-state index is 4.32. The Morgan fingerprint density at radius 3 is 2.78 bits per heavy atom. The fourth-order valence-corrected chi connectivity index (χ4v) is 2.75. The summed E-state index contributed by atoms with van der Waals surface area (Å²) in [5.74, 6) is 1.44. The lowest BCUT2D eigenvalue weighted by molar-refractivity contribution is 1.04. The van der Waals surface area contributed by atoms with Crippen molar-refractivity contribution in [1.29, 1.82) is 0 Å². The first kappa shape index (κ1) is 11.1. The van der Waals surface area contributed by atoms with Gasteiger partial charge >= 0.3 is 0 Å². The van der Waals surface area contributed by atoms with Gasteiger partial charge in [-0.25, -0.2) is 4.98 Å². The van der Waals surface area contributed by atoms with Crippen LogP contribution >= 0.6 is 11.3 Å². The molecule has 0 radical (unpaired) electrons. The van der Waals surface area contributed by atoms with Gasteiger partial charge in [-0.1, -0.05) is 0 Å². The fourth-order valence-electron chi connectivity index (χ4n) is 1.82. The minimum atomic E-state index is 0.642. The first-order valence-electron chi connectivity index (χ1n) is 5.64. The molecule has 18 heavy (non-hydrogen) atoms. The lowest BCUT2D eigenvalue weighted by Crippen LogP contribution is -1.87. The Bertz CT molecular complexity index is 684. The van der Waals surface area contributed by atoms with E-state index in [0.717, 1.165) is 17.1 Å². The number of hydrogen-bond donors (Lipinski definition) is 1. The summed E-state index contributed by atoms with van der Waals surface area (Å²) in [6, 6.07) is 6.17. The number of aryl methyl sites for hydroxylation is 2. The summed E-state index contributed by atoms with van der Waals surface area (Å²) in [6.45, 7) is 3.99. The van der Waals surface area contributed by atoms with Crippen LogP contribution in [0.15, 0.2) is 29.8 Å². The molecule has 1 N–H and O–H groups in total. The minimum absolute atomic E-state index is 0.642. The smallest absolute Gasteiger partial charge is 0.199 e. The molecule has 0 amide bonds. The number of aromatic nitrogens is 4. The highest BCUT2D eigenvalue weighted by Crippen LogP contribution is 2.30. The second-order valence-corrected chi connectivity index (χ2v) is 5.02. The van der Waals surface area contributed by atoms with Gasteiger partial charge in [-0.15, -0.1) is 11.3 Å². The van der Waals surface area contributed by atoms with Gasteiger partial charge in [-0.05, 0) is 48.6 Å². The largest absolute Gasteiger partial charge is 0.263 e. The van der Waals surface area contributed by atoms with Crippen LogP contribution in [0.2, 0.25) is 0 Å². The second kappa shape index (κ2) is 4.34. The van der Waals surface area contributed by atoms with Crippen molar-refractivity contribution in [1.82, 2.24) is 20.2 Å². The molecule has 4 nitrogen and oxygen atoms in total. The summed E-state index contributed by atoms with van der Waals surface area (Å²) in [4.78, 5) is 9.89. The molecular formula is C13H12N4S. The summed E-state index contributed by atoms with van der Waals surface area (Å²) < 4.78 is 0. The number of H-pyrrole nitrogens is 1. The highest BCUT2D eigenvalue weighted by molar-refractivity contribution is 7.13. The van der Waals surface area contributed by atoms with E-state index in [-0.39, 0.29) is 0 Å². The Hall–Kier alpha value is -2.01. The Morgan fingerprint density at radius 2 is 2.11 bits per heavy atom. The predicted molar refractivity (Wildman–Crippen MR) is 72.4 cm³/mol. The number of nitrogens with zero attached hydrogens (tertiary/aromatic N) is 3. The zero-order chi connectivity index (χ0) is 12.5. The van der Waals surface area contributed by atoms with E-state index < -0.39 is 0 Å². The van der Waals surface area contributed by atoms with E-state index in [1.165, 1.54) is 10.4 Å². The summed E-state index contributed by atoms with van der Waals surface area (Å²) in [6.07, 6.45) is 1.80. The summed E-state index contributed by atoms with van der Waals surface area (Å²) in [5, 5.41) is 9.07. The quantitative estimate of drug-likeness (QED) is 0.766. The van der Waals surface area contributed by atoms with Gasteiger partial charge in [0, 0.05) is 11.1 Å². The maximum absolute atomic E-state index is 4.32. The van der Waals surface area contributed by atoms with Crippen LogP contribution in [0.3, 0.4) is 0 Å². The van der Waals surface area contributed by atoms with Gasteiger partial charge in [0.2, 0.25) is 0 Å². The van der Waals surface area contributed by atoms with Crippen molar-refractivity contribution in [2.75, 3.05) is 0 Å². The molecule has 0 unspecified atom stereocenters. The van der Waals surface area contributed by atoms with E-state index in [1.807, 2.05) is 19.1 Å². The number of nitrogens with one attached hydrogen (secondary N) is 1. The molecule has 5 heteroatoms. The molecule has 0 fully saturated rings. The third kappa shape index (κ3) is 1.93. The number of pyridine rings is 1. The van der Waals surface area contributed by atoms with Gasteiger partial charge in [0.1, 0.15) is 11.5 Å². The zero-order valence-electron chi connectivity index (χ0n) is 10.1. The zero-order valence-corrected chi connectivity index (χ0v) is 11.0. The molecule has 0 saturated heterocycles. The molecule has 0 atom stereocenters. The first-order chi connectivity index (χ1) is 8.74. The molecule has 3 aromatic rings. The second-order valence-electron chi connectivity index (χ2n) is 4.11. The Kier molecular flexibility index (Phi) is 2.68. The van der Waals surface area contributed by atoms with E-state index in [4.69, 9.17) is 0 Å². The van der Waals surface area contributed by atoms with Crippen LogP contribution in [0.1, 0.15) is 11.4 Å². The normalized spacial score (nSPS) is 10.8. The van der Waals surface area contributed by atoms with Crippen LogP contribution in [0.5, 0.6) is 0 Å². The molecule has 3 heterocycles. The molecule has 0 spiro atoms. The average molecular weight is 256 g/mol. The van der Waals surface area contributed by atoms with E-state index in [2.05, 4.69) is 38.5 Å². The SMILES string of the molecule is Cc1nc(-c2cc(-c3sccc3C)ccn2)n[nH]1. The molecule has 0 aliphatic rings. The van der Waals surface area contributed by atoms with Gasteiger partial charge in [0.25, 0.3) is 0 Å². The molecule has 0 aliphatic heterocycles. The molecule has 3 aromatic heterocycles. The predicted octanol–water partition coefficient (Wildman–Crippen LogP) is 3.21. The summed E-state index contributed by atoms with van der Waals surface area (Å²) in [7, 11) is 0. The van der Waals surface area contributed by atoms with Crippen molar-refractivity contribution in [2.24, 2.45) is 0 Å². The van der Waals surface area contributed by atoms with Gasteiger partial charge < -0.3 is 0 Å². The lowest BCUT2D eigenvalue weighted by Gasteiger charge is -2.01. The lowest BCUT2D eigenvalue weighted by atomic mass is 10.1.